The van der Waals surface area contributed by atoms with Crippen LogP contribution in [-0.4, -0.2) is 38.7 Å². The molecule has 6 heteroatoms. The van der Waals surface area contributed by atoms with E-state index in [9.17, 15) is 4.79 Å². The Morgan fingerprint density at radius 1 is 1.31 bits per heavy atom. The van der Waals surface area contributed by atoms with Crippen LogP contribution in [0.3, 0.4) is 0 Å². The first-order valence-electron chi connectivity index (χ1n) is 9.49. The maximum absolute atomic E-state index is 11.3. The van der Waals surface area contributed by atoms with Crippen LogP contribution in [0.1, 0.15) is 54.9 Å². The first-order valence-corrected chi connectivity index (χ1v) is 9.49. The average molecular weight is 361 g/mol. The number of ether oxygens (including phenoxy) is 1. The van der Waals surface area contributed by atoms with Gasteiger partial charge in [0, 0.05) is 38.9 Å². The fraction of sp³-hybridized carbons (Fsp3) is 0.600. The summed E-state index contributed by atoms with van der Waals surface area (Å²) >= 11 is 0. The fourth-order valence-corrected chi connectivity index (χ4v) is 3.59. The number of guanidine groups is 1. The lowest BCUT2D eigenvalue weighted by Crippen LogP contribution is -2.43. The summed E-state index contributed by atoms with van der Waals surface area (Å²) in [5.41, 5.74) is 7.16. The van der Waals surface area contributed by atoms with Crippen LogP contribution in [0.2, 0.25) is 0 Å². The molecule has 6 nitrogen and oxygen atoms in total. The number of carbonyl (C=O) groups excluding carboxylic acids is 1. The molecule has 0 saturated heterocycles. The van der Waals surface area contributed by atoms with E-state index in [0.717, 1.165) is 37.7 Å². The second-order valence-electron chi connectivity index (χ2n) is 7.00. The number of benzene rings is 1. The van der Waals surface area contributed by atoms with Crippen molar-refractivity contribution in [2.75, 3.05) is 26.8 Å². The van der Waals surface area contributed by atoms with Gasteiger partial charge in [0.15, 0.2) is 5.96 Å². The molecule has 1 aliphatic carbocycles. The highest BCUT2D eigenvalue weighted by Gasteiger charge is 2.33. The van der Waals surface area contributed by atoms with Gasteiger partial charge in [0.2, 0.25) is 5.91 Å². The molecule has 0 aromatic heterocycles. The molecule has 0 spiro atoms. The topological polar surface area (TPSA) is 88.7 Å². The average Bonchev–Trinajstić information content (AvgIpc) is 3.11. The molecule has 2 rings (SSSR count). The van der Waals surface area contributed by atoms with Gasteiger partial charge in [-0.3, -0.25) is 9.79 Å². The van der Waals surface area contributed by atoms with Crippen LogP contribution in [0.5, 0.6) is 0 Å². The van der Waals surface area contributed by atoms with Gasteiger partial charge in [-0.25, -0.2) is 0 Å². The van der Waals surface area contributed by atoms with Crippen molar-refractivity contribution in [3.05, 3.63) is 35.4 Å². The summed E-state index contributed by atoms with van der Waals surface area (Å²) in [6, 6.07) is 7.34. The van der Waals surface area contributed by atoms with Gasteiger partial charge in [0.25, 0.3) is 0 Å². The lowest BCUT2D eigenvalue weighted by molar-refractivity contribution is 0.1000. The van der Waals surface area contributed by atoms with Crippen molar-refractivity contribution in [3.8, 4) is 0 Å². The summed E-state index contributed by atoms with van der Waals surface area (Å²) in [5, 5.41) is 6.79. The third-order valence-corrected chi connectivity index (χ3v) is 5.17. The van der Waals surface area contributed by atoms with E-state index in [4.69, 9.17) is 10.5 Å². The van der Waals surface area contributed by atoms with E-state index in [2.05, 4.69) is 15.6 Å². The van der Waals surface area contributed by atoms with Crippen LogP contribution < -0.4 is 16.4 Å². The molecule has 1 fully saturated rings. The molecular weight excluding hydrogens is 328 g/mol. The van der Waals surface area contributed by atoms with Crippen molar-refractivity contribution in [1.29, 1.82) is 0 Å². The molecule has 1 aliphatic rings. The van der Waals surface area contributed by atoms with Crippen LogP contribution >= 0.6 is 0 Å². The molecule has 26 heavy (non-hydrogen) atoms. The Morgan fingerprint density at radius 2 is 2.08 bits per heavy atom. The van der Waals surface area contributed by atoms with Crippen molar-refractivity contribution in [2.24, 2.45) is 16.1 Å². The van der Waals surface area contributed by atoms with Crippen LogP contribution in [0.4, 0.5) is 0 Å². The lowest BCUT2D eigenvalue weighted by atomic mass is 9.83. The van der Waals surface area contributed by atoms with Gasteiger partial charge in [-0.05, 0) is 49.3 Å². The fourth-order valence-electron chi connectivity index (χ4n) is 3.59. The van der Waals surface area contributed by atoms with Gasteiger partial charge < -0.3 is 21.1 Å². The number of rotatable bonds is 9. The lowest BCUT2D eigenvalue weighted by Gasteiger charge is -2.30. The van der Waals surface area contributed by atoms with Crippen LogP contribution in [0.15, 0.2) is 29.3 Å². The largest absolute Gasteiger partial charge is 0.382 e. The van der Waals surface area contributed by atoms with Crippen molar-refractivity contribution >= 4 is 11.9 Å². The van der Waals surface area contributed by atoms with Crippen molar-refractivity contribution in [1.82, 2.24) is 10.6 Å². The van der Waals surface area contributed by atoms with E-state index in [1.54, 1.807) is 13.1 Å². The van der Waals surface area contributed by atoms with E-state index in [1.165, 1.54) is 25.7 Å². The third-order valence-electron chi connectivity index (χ3n) is 5.17. The van der Waals surface area contributed by atoms with Gasteiger partial charge in [0.05, 0.1) is 0 Å². The summed E-state index contributed by atoms with van der Waals surface area (Å²) in [4.78, 5) is 15.6. The van der Waals surface area contributed by atoms with Crippen LogP contribution in [-0.2, 0) is 11.3 Å². The molecule has 0 heterocycles. The Labute approximate surface area is 156 Å². The SMILES string of the molecule is CCOCCC1(CNC(=NC)NCc2cccc(C(N)=O)c2)CCCC1. The first-order chi connectivity index (χ1) is 12.6. The molecule has 144 valence electrons. The van der Waals surface area contributed by atoms with Crippen LogP contribution in [0, 0.1) is 5.41 Å². The minimum Gasteiger partial charge on any atom is -0.382 e. The van der Waals surface area contributed by atoms with E-state index < -0.39 is 5.91 Å². The third kappa shape index (κ3) is 6.02. The van der Waals surface area contributed by atoms with E-state index in [-0.39, 0.29) is 0 Å². The highest BCUT2D eigenvalue weighted by Crippen LogP contribution is 2.40. The second kappa shape index (κ2) is 10.2. The number of nitrogens with zero attached hydrogens (tertiary/aromatic N) is 1. The number of carbonyl (C=O) groups is 1. The predicted molar refractivity (Wildman–Crippen MR) is 105 cm³/mol. The molecule has 0 bridgehead atoms. The van der Waals surface area contributed by atoms with Crippen molar-refractivity contribution < 1.29 is 9.53 Å². The maximum Gasteiger partial charge on any atom is 0.248 e. The van der Waals surface area contributed by atoms with E-state index in [0.29, 0.717) is 17.5 Å². The molecule has 0 aliphatic heterocycles. The van der Waals surface area contributed by atoms with Gasteiger partial charge in [-0.2, -0.15) is 0 Å². The quantitative estimate of drug-likeness (QED) is 0.358. The smallest absolute Gasteiger partial charge is 0.248 e. The Balaban J connectivity index is 1.86. The van der Waals surface area contributed by atoms with Crippen LogP contribution in [0.25, 0.3) is 0 Å². The van der Waals surface area contributed by atoms with Crippen molar-refractivity contribution in [2.45, 2.75) is 45.6 Å². The normalized spacial score (nSPS) is 16.5. The minimum atomic E-state index is -0.410. The van der Waals surface area contributed by atoms with Gasteiger partial charge in [-0.1, -0.05) is 25.0 Å². The number of primary amides is 1. The molecule has 1 aromatic rings. The monoisotopic (exact) mass is 360 g/mol. The summed E-state index contributed by atoms with van der Waals surface area (Å²) in [7, 11) is 1.77. The summed E-state index contributed by atoms with van der Waals surface area (Å²) in [6.07, 6.45) is 6.15. The van der Waals surface area contributed by atoms with Crippen molar-refractivity contribution in [3.63, 3.8) is 0 Å². The molecule has 0 radical (unpaired) electrons. The number of amides is 1. The molecule has 1 aromatic carbocycles. The standard InChI is InChI=1S/C20H32N4O2/c1-3-26-12-11-20(9-4-5-10-20)15-24-19(22-2)23-14-16-7-6-8-17(13-16)18(21)25/h6-8,13H,3-5,9-12,14-15H2,1-2H3,(H2,21,25)(H2,22,23,24). The zero-order valence-electron chi connectivity index (χ0n) is 16.0. The number of hydrogen-bond donors (Lipinski definition) is 3. The molecular formula is C20H32N4O2. The maximum atomic E-state index is 11.3. The molecule has 0 atom stereocenters. The zero-order chi connectivity index (χ0) is 18.8. The Kier molecular flexibility index (Phi) is 7.91. The summed E-state index contributed by atoms with van der Waals surface area (Å²) in [5.74, 6) is 0.365. The number of nitrogens with one attached hydrogen (secondary N) is 2. The van der Waals surface area contributed by atoms with E-state index >= 15 is 0 Å². The predicted octanol–water partition coefficient (Wildman–Crippen LogP) is 2.44. The van der Waals surface area contributed by atoms with E-state index in [1.807, 2.05) is 25.1 Å². The van der Waals surface area contributed by atoms with Gasteiger partial charge >= 0.3 is 0 Å². The molecule has 1 amide bonds. The molecule has 4 N–H and O–H groups in total. The second-order valence-corrected chi connectivity index (χ2v) is 7.00. The summed E-state index contributed by atoms with van der Waals surface area (Å²) in [6.45, 7) is 5.13. The summed E-state index contributed by atoms with van der Waals surface area (Å²) < 4.78 is 5.58. The highest BCUT2D eigenvalue weighted by atomic mass is 16.5. The Bertz CT molecular complexity index is 610. The van der Waals surface area contributed by atoms with Gasteiger partial charge in [-0.15, -0.1) is 0 Å². The number of nitrogens with two attached hydrogens (primary N) is 1. The molecule has 0 unspecified atom stereocenters. The highest BCUT2D eigenvalue weighted by molar-refractivity contribution is 5.92. The molecule has 1 saturated carbocycles. The number of aliphatic imine (C=N–C) groups is 1. The Morgan fingerprint density at radius 3 is 2.73 bits per heavy atom. The minimum absolute atomic E-state index is 0.304. The zero-order valence-corrected chi connectivity index (χ0v) is 16.0. The first kappa shape index (κ1) is 20.2. The number of hydrogen-bond acceptors (Lipinski definition) is 3. The van der Waals surface area contributed by atoms with Gasteiger partial charge in [0.1, 0.15) is 0 Å². The Hall–Kier alpha value is -2.08.